The van der Waals surface area contributed by atoms with Gasteiger partial charge in [0.25, 0.3) is 10.0 Å². The van der Waals surface area contributed by atoms with Crippen molar-refractivity contribution in [3.05, 3.63) is 52.5 Å². The Kier molecular flexibility index (Phi) is 7.29. The first-order valence-corrected chi connectivity index (χ1v) is 10.4. The molecule has 0 aliphatic heterocycles. The van der Waals surface area contributed by atoms with E-state index in [4.69, 9.17) is 27.9 Å². The van der Waals surface area contributed by atoms with Crippen molar-refractivity contribution in [1.29, 1.82) is 0 Å². The van der Waals surface area contributed by atoms with E-state index < -0.39 is 22.5 Å². The maximum Gasteiger partial charge on any atom is 0.326 e. The number of carbonyl (C=O) groups excluding carboxylic acids is 2. The van der Waals surface area contributed by atoms with Gasteiger partial charge in [0.1, 0.15) is 6.54 Å². The van der Waals surface area contributed by atoms with Crippen LogP contribution in [0, 0.1) is 0 Å². The number of nitrogens with one attached hydrogen (secondary N) is 1. The molecule has 0 unspecified atom stereocenters. The Balaban J connectivity index is 2.46. The number of hydrogen-bond donors (Lipinski definition) is 1. The van der Waals surface area contributed by atoms with E-state index in [0.717, 1.165) is 4.31 Å². The molecule has 0 saturated carbocycles. The van der Waals surface area contributed by atoms with Crippen LogP contribution in [0.1, 0.15) is 13.8 Å². The first-order chi connectivity index (χ1) is 13.1. The number of sulfonamides is 1. The second-order valence-corrected chi connectivity index (χ2v) is 8.30. The van der Waals surface area contributed by atoms with Gasteiger partial charge in [0.2, 0.25) is 5.91 Å². The third-order valence-electron chi connectivity index (χ3n) is 3.53. The molecule has 0 saturated heterocycles. The molecule has 0 fully saturated rings. The molecular weight excluding hydrogens is 427 g/mol. The highest BCUT2D eigenvalue weighted by molar-refractivity contribution is 7.92. The average molecular weight is 445 g/mol. The molecule has 10 heteroatoms. The zero-order valence-electron chi connectivity index (χ0n) is 15.1. The number of ether oxygens (including phenoxy) is 1. The van der Waals surface area contributed by atoms with Gasteiger partial charge >= 0.3 is 5.97 Å². The lowest BCUT2D eigenvalue weighted by molar-refractivity contribution is -0.141. The highest BCUT2D eigenvalue weighted by atomic mass is 35.5. The molecule has 0 aromatic heterocycles. The molecule has 0 aliphatic carbocycles. The molecule has 150 valence electrons. The van der Waals surface area contributed by atoms with Crippen molar-refractivity contribution in [2.75, 3.05) is 22.8 Å². The van der Waals surface area contributed by atoms with Crippen molar-refractivity contribution in [2.45, 2.75) is 18.7 Å². The van der Waals surface area contributed by atoms with Gasteiger partial charge in [-0.2, -0.15) is 0 Å². The first-order valence-electron chi connectivity index (χ1n) is 8.16. The largest absolute Gasteiger partial charge is 0.465 e. The summed E-state index contributed by atoms with van der Waals surface area (Å²) in [5.74, 6) is -0.998. The van der Waals surface area contributed by atoms with E-state index in [1.165, 1.54) is 49.4 Å². The molecule has 0 aliphatic rings. The molecule has 0 spiro atoms. The van der Waals surface area contributed by atoms with Gasteiger partial charge in [0.15, 0.2) is 0 Å². The lowest BCUT2D eigenvalue weighted by Crippen LogP contribution is -2.36. The van der Waals surface area contributed by atoms with Gasteiger partial charge in [0, 0.05) is 12.6 Å². The quantitative estimate of drug-likeness (QED) is 0.656. The summed E-state index contributed by atoms with van der Waals surface area (Å²) in [6, 6.07) is 9.79. The van der Waals surface area contributed by atoms with Gasteiger partial charge in [-0.15, -0.1) is 0 Å². The van der Waals surface area contributed by atoms with E-state index in [1.54, 1.807) is 6.92 Å². The Labute approximate surface area is 173 Å². The third kappa shape index (κ3) is 5.37. The molecule has 1 amide bonds. The van der Waals surface area contributed by atoms with Crippen LogP contribution in [0.4, 0.5) is 11.4 Å². The first kappa shape index (κ1) is 22.0. The summed E-state index contributed by atoms with van der Waals surface area (Å²) in [6.07, 6.45) is 0. The standard InChI is InChI=1S/C18H18Cl2N2O5S/c1-3-27-18(24)11-22(14-6-9-16(19)17(20)10-14)28(25,26)15-7-4-13(5-8-15)21-12(2)23/h4-10H,3,11H2,1-2H3,(H,21,23). The van der Waals surface area contributed by atoms with E-state index in [-0.39, 0.29) is 33.1 Å². The molecule has 0 heterocycles. The smallest absolute Gasteiger partial charge is 0.326 e. The molecule has 2 aromatic carbocycles. The number of carbonyl (C=O) groups is 2. The summed E-state index contributed by atoms with van der Waals surface area (Å²) in [5, 5.41) is 2.94. The normalized spacial score (nSPS) is 11.0. The van der Waals surface area contributed by atoms with Crippen LogP contribution < -0.4 is 9.62 Å². The predicted molar refractivity (Wildman–Crippen MR) is 108 cm³/mol. The topological polar surface area (TPSA) is 92.8 Å². The van der Waals surface area contributed by atoms with Crippen LogP contribution in [0.2, 0.25) is 10.0 Å². The lowest BCUT2D eigenvalue weighted by atomic mass is 10.3. The molecule has 2 rings (SSSR count). The van der Waals surface area contributed by atoms with Crippen LogP contribution in [0.5, 0.6) is 0 Å². The molecule has 7 nitrogen and oxygen atoms in total. The maximum absolute atomic E-state index is 13.2. The molecule has 0 bridgehead atoms. The van der Waals surface area contributed by atoms with Gasteiger partial charge < -0.3 is 10.1 Å². The van der Waals surface area contributed by atoms with Crippen molar-refractivity contribution < 1.29 is 22.7 Å². The van der Waals surface area contributed by atoms with Gasteiger partial charge in [-0.1, -0.05) is 23.2 Å². The van der Waals surface area contributed by atoms with Gasteiger partial charge in [-0.25, -0.2) is 8.42 Å². The second kappa shape index (κ2) is 9.27. The Morgan fingerprint density at radius 2 is 1.71 bits per heavy atom. The van der Waals surface area contributed by atoms with E-state index in [2.05, 4.69) is 5.32 Å². The Morgan fingerprint density at radius 3 is 2.25 bits per heavy atom. The number of hydrogen-bond acceptors (Lipinski definition) is 5. The summed E-state index contributed by atoms with van der Waals surface area (Å²) < 4.78 is 32.1. The summed E-state index contributed by atoms with van der Waals surface area (Å²) in [7, 11) is -4.12. The van der Waals surface area contributed by atoms with E-state index in [1.807, 2.05) is 0 Å². The zero-order valence-corrected chi connectivity index (χ0v) is 17.4. The lowest BCUT2D eigenvalue weighted by Gasteiger charge is -2.24. The Morgan fingerprint density at radius 1 is 1.07 bits per heavy atom. The van der Waals surface area contributed by atoms with Crippen LogP contribution >= 0.6 is 23.2 Å². The molecule has 1 N–H and O–H groups in total. The van der Waals surface area contributed by atoms with Crippen LogP contribution in [0.25, 0.3) is 0 Å². The van der Waals surface area contributed by atoms with Crippen LogP contribution in [0.15, 0.2) is 47.4 Å². The average Bonchev–Trinajstić information content (AvgIpc) is 2.62. The fourth-order valence-electron chi connectivity index (χ4n) is 2.32. The van der Waals surface area contributed by atoms with Crippen LogP contribution in [-0.2, 0) is 24.3 Å². The highest BCUT2D eigenvalue weighted by Crippen LogP contribution is 2.30. The molecular formula is C18H18Cl2N2O5S. The third-order valence-corrected chi connectivity index (χ3v) is 6.06. The Hall–Kier alpha value is -2.29. The number of halogens is 2. The highest BCUT2D eigenvalue weighted by Gasteiger charge is 2.28. The monoisotopic (exact) mass is 444 g/mol. The predicted octanol–water partition coefficient (Wildman–Crippen LogP) is 3.71. The number of rotatable bonds is 7. The van der Waals surface area contributed by atoms with E-state index in [0.29, 0.717) is 5.69 Å². The van der Waals surface area contributed by atoms with Crippen molar-refractivity contribution in [3.63, 3.8) is 0 Å². The number of esters is 1. The van der Waals surface area contributed by atoms with Crippen LogP contribution in [0.3, 0.4) is 0 Å². The Bertz CT molecular complexity index is 978. The van der Waals surface area contributed by atoms with Gasteiger partial charge in [0.05, 0.1) is 27.2 Å². The summed E-state index contributed by atoms with van der Waals surface area (Å²) in [5.41, 5.74) is 0.603. The van der Waals surface area contributed by atoms with Crippen molar-refractivity contribution in [1.82, 2.24) is 0 Å². The summed E-state index contributed by atoms with van der Waals surface area (Å²) in [4.78, 5) is 23.0. The molecule has 0 radical (unpaired) electrons. The molecule has 28 heavy (non-hydrogen) atoms. The number of amides is 1. The minimum Gasteiger partial charge on any atom is -0.465 e. The van der Waals surface area contributed by atoms with Crippen molar-refractivity contribution >= 4 is 56.5 Å². The second-order valence-electron chi connectivity index (χ2n) is 5.62. The van der Waals surface area contributed by atoms with Gasteiger partial charge in [-0.05, 0) is 49.4 Å². The van der Waals surface area contributed by atoms with Crippen molar-refractivity contribution in [2.24, 2.45) is 0 Å². The molecule has 0 atom stereocenters. The fourth-order valence-corrected chi connectivity index (χ4v) is 4.01. The van der Waals surface area contributed by atoms with Gasteiger partial charge in [-0.3, -0.25) is 13.9 Å². The minimum atomic E-state index is -4.12. The van der Waals surface area contributed by atoms with E-state index >= 15 is 0 Å². The number of benzene rings is 2. The minimum absolute atomic E-state index is 0.0722. The number of nitrogens with zero attached hydrogens (tertiary/aromatic N) is 1. The molecule has 2 aromatic rings. The SMILES string of the molecule is CCOC(=O)CN(c1ccc(Cl)c(Cl)c1)S(=O)(=O)c1ccc(NC(C)=O)cc1. The summed E-state index contributed by atoms with van der Waals surface area (Å²) >= 11 is 11.9. The van der Waals surface area contributed by atoms with Crippen LogP contribution in [-0.4, -0.2) is 33.4 Å². The van der Waals surface area contributed by atoms with Crippen molar-refractivity contribution in [3.8, 4) is 0 Å². The summed E-state index contributed by atoms with van der Waals surface area (Å²) in [6.45, 7) is 2.54. The maximum atomic E-state index is 13.2. The number of anilines is 2. The van der Waals surface area contributed by atoms with E-state index in [9.17, 15) is 18.0 Å². The fraction of sp³-hybridized carbons (Fsp3) is 0.222. The zero-order chi connectivity index (χ0) is 20.9.